The van der Waals surface area contributed by atoms with Gasteiger partial charge in [0.25, 0.3) is 0 Å². The maximum atomic E-state index is 12.7. The zero-order valence-corrected chi connectivity index (χ0v) is 17.8. The third kappa shape index (κ3) is 6.41. The Labute approximate surface area is 176 Å². The minimum absolute atomic E-state index is 0.121. The molecule has 0 bridgehead atoms. The van der Waals surface area contributed by atoms with Gasteiger partial charge in [-0.3, -0.25) is 10.1 Å². The molecule has 2 aromatic carbocycles. The number of rotatable bonds is 7. The van der Waals surface area contributed by atoms with Crippen molar-refractivity contribution < 1.29 is 19.1 Å². The maximum absolute atomic E-state index is 12.7. The van der Waals surface area contributed by atoms with Crippen LogP contribution in [0.4, 0.5) is 10.5 Å². The topological polar surface area (TPSA) is 64.6 Å². The molecular formula is C19H18BrCl2NO4. The number of nitrogens with one attached hydrogen (secondary N) is 1. The van der Waals surface area contributed by atoms with Gasteiger partial charge in [-0.2, -0.15) is 0 Å². The first-order valence-electron chi connectivity index (χ1n) is 7.98. The lowest BCUT2D eigenvalue weighted by Crippen LogP contribution is -2.39. The number of Topliss-reactive ketones (excluding diaryl/α,β-unsaturated/α-hetero) is 1. The SMILES string of the molecule is CC(C)(COC(=O)Nc1ccccc1)C(=O)C(Br)Oc1ccc(Cl)cc1Cl. The summed E-state index contributed by atoms with van der Waals surface area (Å²) in [5.41, 5.74) is -0.383. The average molecular weight is 475 g/mol. The molecule has 1 unspecified atom stereocenters. The van der Waals surface area contributed by atoms with Crippen molar-refractivity contribution >= 4 is 56.7 Å². The largest absolute Gasteiger partial charge is 0.470 e. The van der Waals surface area contributed by atoms with Crippen LogP contribution in [0.25, 0.3) is 0 Å². The fourth-order valence-corrected chi connectivity index (χ4v) is 3.31. The average Bonchev–Trinajstić information content (AvgIpc) is 2.62. The van der Waals surface area contributed by atoms with Crippen molar-refractivity contribution in [3.05, 3.63) is 58.6 Å². The molecule has 1 atom stereocenters. The minimum atomic E-state index is -0.985. The number of amides is 1. The molecule has 2 rings (SSSR count). The molecule has 0 heterocycles. The van der Waals surface area contributed by atoms with Crippen LogP contribution in [0.15, 0.2) is 48.5 Å². The lowest BCUT2D eigenvalue weighted by atomic mass is 9.89. The van der Waals surface area contributed by atoms with Crippen LogP contribution >= 0.6 is 39.1 Å². The standard InChI is InChI=1S/C19H18BrCl2NO4/c1-19(2,11-26-18(25)23-13-6-4-3-5-7-13)16(24)17(20)27-15-9-8-12(21)10-14(15)22/h3-10,17H,11H2,1-2H3,(H,23,25). The molecule has 5 nitrogen and oxygen atoms in total. The van der Waals surface area contributed by atoms with E-state index < -0.39 is 16.5 Å². The molecule has 1 N–H and O–H groups in total. The Balaban J connectivity index is 1.92. The summed E-state index contributed by atoms with van der Waals surface area (Å²) in [6.45, 7) is 3.20. The summed E-state index contributed by atoms with van der Waals surface area (Å²) >= 11 is 15.1. The van der Waals surface area contributed by atoms with Crippen LogP contribution in [0.2, 0.25) is 10.0 Å². The van der Waals surface area contributed by atoms with E-state index in [2.05, 4.69) is 21.2 Å². The monoisotopic (exact) mass is 473 g/mol. The number of ether oxygens (including phenoxy) is 2. The molecule has 0 saturated heterocycles. The molecule has 144 valence electrons. The van der Waals surface area contributed by atoms with E-state index in [1.54, 1.807) is 50.2 Å². The molecule has 8 heteroatoms. The highest BCUT2D eigenvalue weighted by molar-refractivity contribution is 9.09. The second-order valence-corrected chi connectivity index (χ2v) is 8.00. The van der Waals surface area contributed by atoms with Gasteiger partial charge in [0.1, 0.15) is 12.4 Å². The molecule has 0 aliphatic rings. The highest BCUT2D eigenvalue weighted by atomic mass is 79.9. The lowest BCUT2D eigenvalue weighted by Gasteiger charge is -2.25. The number of para-hydroxylation sites is 1. The van der Waals surface area contributed by atoms with Gasteiger partial charge >= 0.3 is 6.09 Å². The number of alkyl halides is 1. The van der Waals surface area contributed by atoms with Gasteiger partial charge in [0.05, 0.1) is 10.4 Å². The van der Waals surface area contributed by atoms with Crippen molar-refractivity contribution in [3.8, 4) is 5.75 Å². The van der Waals surface area contributed by atoms with Crippen molar-refractivity contribution in [2.75, 3.05) is 11.9 Å². The molecule has 0 fully saturated rings. The summed E-state index contributed by atoms with van der Waals surface area (Å²) in [7, 11) is 0. The summed E-state index contributed by atoms with van der Waals surface area (Å²) < 4.78 is 10.8. The summed E-state index contributed by atoms with van der Waals surface area (Å²) in [5, 5.41) is 2.37. The van der Waals surface area contributed by atoms with Crippen LogP contribution < -0.4 is 10.1 Å². The van der Waals surface area contributed by atoms with Crippen molar-refractivity contribution in [1.29, 1.82) is 0 Å². The number of carbonyl (C=O) groups excluding carboxylic acids is 2. The van der Waals surface area contributed by atoms with Gasteiger partial charge in [-0.05, 0) is 60.1 Å². The van der Waals surface area contributed by atoms with Crippen molar-refractivity contribution in [1.82, 2.24) is 0 Å². The van der Waals surface area contributed by atoms with Gasteiger partial charge in [-0.1, -0.05) is 41.4 Å². The zero-order valence-electron chi connectivity index (χ0n) is 14.7. The van der Waals surface area contributed by atoms with Crippen LogP contribution in [-0.2, 0) is 9.53 Å². The Morgan fingerprint density at radius 1 is 1.15 bits per heavy atom. The number of benzene rings is 2. The van der Waals surface area contributed by atoms with Gasteiger partial charge in [0, 0.05) is 10.7 Å². The van der Waals surface area contributed by atoms with Gasteiger partial charge in [-0.25, -0.2) is 4.79 Å². The van der Waals surface area contributed by atoms with E-state index in [4.69, 9.17) is 32.7 Å². The molecule has 0 radical (unpaired) electrons. The smallest absolute Gasteiger partial charge is 0.411 e. The maximum Gasteiger partial charge on any atom is 0.411 e. The minimum Gasteiger partial charge on any atom is -0.470 e. The molecule has 0 saturated carbocycles. The van der Waals surface area contributed by atoms with Crippen LogP contribution in [0.1, 0.15) is 13.8 Å². The highest BCUT2D eigenvalue weighted by Gasteiger charge is 2.35. The van der Waals surface area contributed by atoms with E-state index in [0.29, 0.717) is 16.5 Å². The number of hydrogen-bond acceptors (Lipinski definition) is 4. The van der Waals surface area contributed by atoms with Crippen LogP contribution in [0.5, 0.6) is 5.75 Å². The lowest BCUT2D eigenvalue weighted by molar-refractivity contribution is -0.132. The van der Waals surface area contributed by atoms with Gasteiger partial charge in [-0.15, -0.1) is 0 Å². The molecule has 1 amide bonds. The number of carbonyl (C=O) groups is 2. The first-order chi connectivity index (χ1) is 12.7. The van der Waals surface area contributed by atoms with Crippen molar-refractivity contribution in [2.45, 2.75) is 18.9 Å². The Bertz CT molecular complexity index is 815. The number of ketones is 1. The van der Waals surface area contributed by atoms with Gasteiger partial charge in [0.2, 0.25) is 5.01 Å². The van der Waals surface area contributed by atoms with Gasteiger partial charge < -0.3 is 9.47 Å². The second kappa shape index (κ2) is 9.44. The summed E-state index contributed by atoms with van der Waals surface area (Å²) in [4.78, 5) is 24.6. The number of anilines is 1. The van der Waals surface area contributed by atoms with Gasteiger partial charge in [0.15, 0.2) is 5.78 Å². The summed E-state index contributed by atoms with van der Waals surface area (Å²) in [5.74, 6) is 0.0101. The van der Waals surface area contributed by atoms with E-state index in [1.165, 1.54) is 6.07 Å². The van der Waals surface area contributed by atoms with Crippen LogP contribution in [-0.4, -0.2) is 23.5 Å². The molecule has 27 heavy (non-hydrogen) atoms. The first-order valence-corrected chi connectivity index (χ1v) is 9.65. The van der Waals surface area contributed by atoms with E-state index >= 15 is 0 Å². The molecule has 0 aliphatic carbocycles. The molecular weight excluding hydrogens is 457 g/mol. The van der Waals surface area contributed by atoms with E-state index in [1.807, 2.05) is 6.07 Å². The number of halogens is 3. The summed E-state index contributed by atoms with van der Waals surface area (Å²) in [6.07, 6.45) is -0.644. The Hall–Kier alpha value is -1.76. The molecule has 0 aromatic heterocycles. The van der Waals surface area contributed by atoms with Crippen LogP contribution in [0.3, 0.4) is 0 Å². The Morgan fingerprint density at radius 2 is 1.81 bits per heavy atom. The fourth-order valence-electron chi connectivity index (χ4n) is 2.04. The first kappa shape index (κ1) is 21.5. The normalized spacial score (nSPS) is 12.2. The molecule has 0 aliphatic heterocycles. The summed E-state index contributed by atoms with van der Waals surface area (Å²) in [6, 6.07) is 13.6. The number of hydrogen-bond donors (Lipinski definition) is 1. The molecule has 2 aromatic rings. The Kier molecular flexibility index (Phi) is 7.53. The van der Waals surface area contributed by atoms with E-state index in [9.17, 15) is 9.59 Å². The highest BCUT2D eigenvalue weighted by Crippen LogP contribution is 2.31. The second-order valence-electron chi connectivity index (χ2n) is 6.32. The van der Waals surface area contributed by atoms with E-state index in [0.717, 1.165) is 0 Å². The van der Waals surface area contributed by atoms with Crippen molar-refractivity contribution in [3.63, 3.8) is 0 Å². The van der Waals surface area contributed by atoms with E-state index in [-0.39, 0.29) is 17.4 Å². The third-order valence-electron chi connectivity index (χ3n) is 3.58. The van der Waals surface area contributed by atoms with Crippen molar-refractivity contribution in [2.24, 2.45) is 5.41 Å². The molecule has 0 spiro atoms. The predicted molar refractivity (Wildman–Crippen MR) is 110 cm³/mol. The van der Waals surface area contributed by atoms with Crippen LogP contribution in [0, 0.1) is 5.41 Å². The quantitative estimate of drug-likeness (QED) is 0.504. The Morgan fingerprint density at radius 3 is 2.44 bits per heavy atom. The zero-order chi connectivity index (χ0) is 20.0. The third-order valence-corrected chi connectivity index (χ3v) is 4.72. The predicted octanol–water partition coefficient (Wildman–Crippen LogP) is 5.94. The fraction of sp³-hybridized carbons (Fsp3) is 0.263.